The predicted molar refractivity (Wildman–Crippen MR) is 106 cm³/mol. The van der Waals surface area contributed by atoms with Crippen molar-refractivity contribution in [3.63, 3.8) is 0 Å². The highest BCUT2D eigenvalue weighted by molar-refractivity contribution is 6.03. The smallest absolute Gasteiger partial charge is 0.167 e. The summed E-state index contributed by atoms with van der Waals surface area (Å²) < 4.78 is 11.7. The van der Waals surface area contributed by atoms with Crippen molar-refractivity contribution >= 4 is 11.5 Å². The molecule has 0 aliphatic carbocycles. The number of ketones is 1. The highest BCUT2D eigenvalue weighted by Gasteiger charge is 2.28. The summed E-state index contributed by atoms with van der Waals surface area (Å²) in [7, 11) is 1.63. The molecule has 0 saturated heterocycles. The number of carbonyl (C=O) groups is 1. The van der Waals surface area contributed by atoms with Crippen LogP contribution in [0.25, 0.3) is 0 Å². The van der Waals surface area contributed by atoms with Crippen molar-refractivity contribution in [3.8, 4) is 11.5 Å². The molecule has 1 N–H and O–H groups in total. The maximum absolute atomic E-state index is 12.6. The largest absolute Gasteiger partial charge is 0.493 e. The second-order valence-corrected chi connectivity index (χ2v) is 6.52. The normalized spacial score (nSPS) is 15.6. The second-order valence-electron chi connectivity index (χ2n) is 6.52. The van der Waals surface area contributed by atoms with Crippen molar-refractivity contribution in [1.82, 2.24) is 0 Å². The molecule has 0 radical (unpaired) electrons. The zero-order valence-electron chi connectivity index (χ0n) is 15.1. The van der Waals surface area contributed by atoms with Crippen molar-refractivity contribution < 1.29 is 14.3 Å². The predicted octanol–water partition coefficient (Wildman–Crippen LogP) is 5.01. The van der Waals surface area contributed by atoms with Crippen LogP contribution in [0.1, 0.15) is 33.9 Å². The van der Waals surface area contributed by atoms with Gasteiger partial charge in [-0.05, 0) is 23.8 Å². The third-order valence-electron chi connectivity index (χ3n) is 4.78. The van der Waals surface area contributed by atoms with Gasteiger partial charge < -0.3 is 14.8 Å². The highest BCUT2D eigenvalue weighted by Crippen LogP contribution is 2.40. The van der Waals surface area contributed by atoms with Gasteiger partial charge in [0, 0.05) is 23.2 Å². The third-order valence-corrected chi connectivity index (χ3v) is 4.78. The maximum Gasteiger partial charge on any atom is 0.167 e. The summed E-state index contributed by atoms with van der Waals surface area (Å²) in [5.74, 6) is 1.47. The number of Topliss-reactive ketones (excluding diaryl/α,β-unsaturated/α-hetero) is 1. The van der Waals surface area contributed by atoms with Gasteiger partial charge in [-0.1, -0.05) is 54.6 Å². The van der Waals surface area contributed by atoms with Gasteiger partial charge in [-0.15, -0.1) is 0 Å². The molecular weight excluding hydrogens is 338 g/mol. The molecule has 0 amide bonds. The molecule has 0 saturated carbocycles. The van der Waals surface area contributed by atoms with Gasteiger partial charge in [0.15, 0.2) is 17.3 Å². The van der Waals surface area contributed by atoms with Crippen LogP contribution < -0.4 is 14.8 Å². The first-order valence-electron chi connectivity index (χ1n) is 8.98. The third kappa shape index (κ3) is 3.51. The van der Waals surface area contributed by atoms with Crippen LogP contribution in [0.5, 0.6) is 11.5 Å². The van der Waals surface area contributed by atoms with Gasteiger partial charge in [0.25, 0.3) is 0 Å². The number of ether oxygens (including phenoxy) is 2. The number of carbonyl (C=O) groups excluding carboxylic acids is 1. The van der Waals surface area contributed by atoms with Crippen LogP contribution in [-0.4, -0.2) is 12.9 Å². The Labute approximate surface area is 158 Å². The fourth-order valence-corrected chi connectivity index (χ4v) is 3.43. The van der Waals surface area contributed by atoms with E-state index in [1.165, 1.54) is 0 Å². The first-order valence-corrected chi connectivity index (χ1v) is 8.98. The van der Waals surface area contributed by atoms with E-state index in [4.69, 9.17) is 9.47 Å². The van der Waals surface area contributed by atoms with Crippen LogP contribution in [0.2, 0.25) is 0 Å². The Morgan fingerprint density at radius 2 is 1.74 bits per heavy atom. The van der Waals surface area contributed by atoms with E-state index in [9.17, 15) is 4.79 Å². The Bertz CT molecular complexity index is 953. The average Bonchev–Trinajstić information content (AvgIpc) is 2.72. The molecule has 0 aromatic heterocycles. The molecule has 0 fully saturated rings. The number of para-hydroxylation sites is 2. The molecule has 136 valence electrons. The van der Waals surface area contributed by atoms with Crippen molar-refractivity contribution in [2.45, 2.75) is 19.1 Å². The van der Waals surface area contributed by atoms with E-state index in [2.05, 4.69) is 5.32 Å². The lowest BCUT2D eigenvalue weighted by molar-refractivity contribution is 0.0971. The summed E-state index contributed by atoms with van der Waals surface area (Å²) in [4.78, 5) is 12.6. The number of nitrogens with one attached hydrogen (secondary N) is 1. The number of hydrogen-bond acceptors (Lipinski definition) is 4. The molecule has 0 bridgehead atoms. The molecule has 1 aliphatic heterocycles. The van der Waals surface area contributed by atoms with E-state index in [1.807, 2.05) is 72.8 Å². The molecule has 3 aromatic rings. The van der Waals surface area contributed by atoms with E-state index in [0.717, 1.165) is 22.4 Å². The van der Waals surface area contributed by atoms with Crippen LogP contribution in [-0.2, 0) is 6.61 Å². The molecule has 4 rings (SSSR count). The van der Waals surface area contributed by atoms with Gasteiger partial charge in [-0.2, -0.15) is 0 Å². The van der Waals surface area contributed by atoms with Crippen LogP contribution in [0.4, 0.5) is 5.69 Å². The number of hydrogen-bond donors (Lipinski definition) is 1. The molecule has 4 heteroatoms. The number of anilines is 1. The molecule has 1 atom stereocenters. The summed E-state index contributed by atoms with van der Waals surface area (Å²) in [6, 6.07) is 23.2. The Morgan fingerprint density at radius 3 is 2.56 bits per heavy atom. The van der Waals surface area contributed by atoms with Crippen molar-refractivity contribution in [1.29, 1.82) is 0 Å². The van der Waals surface area contributed by atoms with Crippen molar-refractivity contribution in [2.75, 3.05) is 12.4 Å². The van der Waals surface area contributed by atoms with E-state index >= 15 is 0 Å². The molecule has 1 unspecified atom stereocenters. The fraction of sp³-hybridized carbons (Fsp3) is 0.174. The average molecular weight is 359 g/mol. The number of methoxy groups -OCH3 is 1. The zero-order valence-corrected chi connectivity index (χ0v) is 15.1. The second kappa shape index (κ2) is 7.54. The first-order chi connectivity index (χ1) is 13.3. The van der Waals surface area contributed by atoms with Crippen LogP contribution in [0.15, 0.2) is 72.8 Å². The van der Waals surface area contributed by atoms with Gasteiger partial charge >= 0.3 is 0 Å². The van der Waals surface area contributed by atoms with E-state index in [-0.39, 0.29) is 11.8 Å². The van der Waals surface area contributed by atoms with Gasteiger partial charge in [-0.25, -0.2) is 0 Å². The SMILES string of the molecule is COc1cccc(C2CC(=O)c3ccccc3N2)c1OCc1ccccc1. The quantitative estimate of drug-likeness (QED) is 0.695. The molecule has 3 aromatic carbocycles. The Kier molecular flexibility index (Phi) is 4.79. The van der Waals surface area contributed by atoms with Crippen molar-refractivity contribution in [3.05, 3.63) is 89.5 Å². The molecule has 0 spiro atoms. The van der Waals surface area contributed by atoms with Gasteiger partial charge in [0.2, 0.25) is 0 Å². The number of rotatable bonds is 5. The summed E-state index contributed by atoms with van der Waals surface area (Å²) in [6.07, 6.45) is 0.381. The van der Waals surface area contributed by atoms with E-state index < -0.39 is 0 Å². The minimum absolute atomic E-state index is 0.131. The lowest BCUT2D eigenvalue weighted by Gasteiger charge is -2.28. The van der Waals surface area contributed by atoms with E-state index in [1.54, 1.807) is 7.11 Å². The molecule has 1 heterocycles. The highest BCUT2D eigenvalue weighted by atomic mass is 16.5. The summed E-state index contributed by atoms with van der Waals surface area (Å²) >= 11 is 0. The van der Waals surface area contributed by atoms with Gasteiger partial charge in [0.1, 0.15) is 6.61 Å². The maximum atomic E-state index is 12.6. The lowest BCUT2D eigenvalue weighted by Crippen LogP contribution is -2.23. The summed E-state index contributed by atoms with van der Waals surface area (Å²) in [5, 5.41) is 3.48. The standard InChI is InChI=1S/C23H21NO3/c1-26-22-13-7-11-18(23(22)27-15-16-8-3-2-4-9-16)20-14-21(25)17-10-5-6-12-19(17)24-20/h2-13,20,24H,14-15H2,1H3. The molecule has 27 heavy (non-hydrogen) atoms. The zero-order chi connectivity index (χ0) is 18.6. The molecular formula is C23H21NO3. The summed E-state index contributed by atoms with van der Waals surface area (Å²) in [6.45, 7) is 0.436. The Balaban J connectivity index is 1.66. The van der Waals surface area contributed by atoms with E-state index in [0.29, 0.717) is 24.5 Å². The number of fused-ring (bicyclic) bond motifs is 1. The molecule has 1 aliphatic rings. The molecule has 4 nitrogen and oxygen atoms in total. The van der Waals surface area contributed by atoms with Crippen LogP contribution in [0.3, 0.4) is 0 Å². The number of benzene rings is 3. The van der Waals surface area contributed by atoms with Gasteiger partial charge in [-0.3, -0.25) is 4.79 Å². The van der Waals surface area contributed by atoms with Crippen molar-refractivity contribution in [2.24, 2.45) is 0 Å². The Morgan fingerprint density at radius 1 is 0.963 bits per heavy atom. The lowest BCUT2D eigenvalue weighted by atomic mass is 9.92. The summed E-state index contributed by atoms with van der Waals surface area (Å²) in [5.41, 5.74) is 3.60. The first kappa shape index (κ1) is 17.2. The van der Waals surface area contributed by atoms with Crippen LogP contribution >= 0.6 is 0 Å². The monoisotopic (exact) mass is 359 g/mol. The minimum Gasteiger partial charge on any atom is -0.493 e. The van der Waals surface area contributed by atoms with Crippen LogP contribution in [0, 0.1) is 0 Å². The Hall–Kier alpha value is -3.27. The fourth-order valence-electron chi connectivity index (χ4n) is 3.43. The van der Waals surface area contributed by atoms with Gasteiger partial charge in [0.05, 0.1) is 13.2 Å². The topological polar surface area (TPSA) is 47.6 Å². The minimum atomic E-state index is -0.159.